The second-order valence-electron chi connectivity index (χ2n) is 4.26. The number of rotatable bonds is 4. The van der Waals surface area contributed by atoms with Crippen LogP contribution < -0.4 is 4.72 Å². The Bertz CT molecular complexity index is 824. The highest BCUT2D eigenvalue weighted by Crippen LogP contribution is 2.15. The molecule has 0 aliphatic rings. The third kappa shape index (κ3) is 2.17. The van der Waals surface area contributed by atoms with Crippen LogP contribution in [0, 0.1) is 0 Å². The molecule has 0 spiro atoms. The lowest BCUT2D eigenvalue weighted by molar-refractivity contribution is 0.558. The fourth-order valence-corrected chi connectivity index (χ4v) is 3.00. The molecule has 2 N–H and O–H groups in total. The first-order valence-corrected chi connectivity index (χ1v) is 7.37. The highest BCUT2D eigenvalue weighted by molar-refractivity contribution is 7.89. The van der Waals surface area contributed by atoms with Crippen LogP contribution in [0.1, 0.15) is 18.8 Å². The predicted octanol–water partition coefficient (Wildman–Crippen LogP) is 0.492. The Morgan fingerprint density at radius 2 is 2.20 bits per heavy atom. The van der Waals surface area contributed by atoms with Gasteiger partial charge in [0.1, 0.15) is 4.90 Å². The number of hydrogen-bond acceptors (Lipinski definition) is 5. The van der Waals surface area contributed by atoms with Gasteiger partial charge >= 0.3 is 0 Å². The van der Waals surface area contributed by atoms with Crippen molar-refractivity contribution in [2.45, 2.75) is 17.9 Å². The minimum absolute atomic E-state index is 0.0816. The Hall–Kier alpha value is -2.26. The topological polar surface area (TPSA) is 105 Å². The van der Waals surface area contributed by atoms with Crippen LogP contribution in [0.3, 0.4) is 0 Å². The molecule has 3 rings (SSSR count). The maximum Gasteiger partial charge on any atom is 0.244 e. The van der Waals surface area contributed by atoms with Crippen LogP contribution in [-0.2, 0) is 10.0 Å². The zero-order valence-electron chi connectivity index (χ0n) is 10.6. The fourth-order valence-electron chi connectivity index (χ4n) is 1.89. The van der Waals surface area contributed by atoms with Gasteiger partial charge in [0.25, 0.3) is 0 Å². The summed E-state index contributed by atoms with van der Waals surface area (Å²) >= 11 is 0. The van der Waals surface area contributed by atoms with E-state index in [2.05, 4.69) is 25.1 Å². The van der Waals surface area contributed by atoms with Gasteiger partial charge in [0.15, 0.2) is 11.5 Å². The van der Waals surface area contributed by atoms with Gasteiger partial charge in [0, 0.05) is 12.4 Å². The summed E-state index contributed by atoms with van der Waals surface area (Å²) in [6.45, 7) is 1.71. The molecule has 1 atom stereocenters. The zero-order valence-corrected chi connectivity index (χ0v) is 11.4. The quantitative estimate of drug-likeness (QED) is 0.728. The lowest BCUT2D eigenvalue weighted by Gasteiger charge is -2.11. The second kappa shape index (κ2) is 4.69. The van der Waals surface area contributed by atoms with Gasteiger partial charge in [-0.15, -0.1) is 10.2 Å². The first-order chi connectivity index (χ1) is 9.58. The molecule has 0 radical (unpaired) electrons. The van der Waals surface area contributed by atoms with Gasteiger partial charge in [-0.2, -0.15) is 5.10 Å². The number of fused-ring (bicyclic) bond motifs is 1. The predicted molar refractivity (Wildman–Crippen MR) is 70.3 cm³/mol. The van der Waals surface area contributed by atoms with Crippen LogP contribution in [-0.4, -0.2) is 33.2 Å². The molecule has 1 unspecified atom stereocenters. The van der Waals surface area contributed by atoms with Gasteiger partial charge in [0.05, 0.1) is 12.2 Å². The van der Waals surface area contributed by atoms with Crippen molar-refractivity contribution in [3.63, 3.8) is 0 Å². The molecule has 20 heavy (non-hydrogen) atoms. The van der Waals surface area contributed by atoms with Crippen LogP contribution in [0.5, 0.6) is 0 Å². The molecule has 0 saturated heterocycles. The van der Waals surface area contributed by atoms with Gasteiger partial charge < -0.3 is 0 Å². The van der Waals surface area contributed by atoms with E-state index in [-0.39, 0.29) is 4.90 Å². The summed E-state index contributed by atoms with van der Waals surface area (Å²) in [5.74, 6) is 0.521. The standard InChI is InChI=1S/C11H12N6O2S/c1-8(16-20(18,19)9-6-12-13-7-9)11-15-14-10-4-2-3-5-17(10)11/h2-8,16H,1H3,(H,12,13). The number of nitrogens with zero attached hydrogens (tertiary/aromatic N) is 4. The molecule has 8 nitrogen and oxygen atoms in total. The highest BCUT2D eigenvalue weighted by Gasteiger charge is 2.22. The molecule has 0 fully saturated rings. The number of aromatic nitrogens is 5. The van der Waals surface area contributed by atoms with Crippen LogP contribution in [0.4, 0.5) is 0 Å². The van der Waals surface area contributed by atoms with Crippen molar-refractivity contribution in [2.75, 3.05) is 0 Å². The van der Waals surface area contributed by atoms with E-state index in [0.29, 0.717) is 11.5 Å². The highest BCUT2D eigenvalue weighted by atomic mass is 32.2. The van der Waals surface area contributed by atoms with Crippen LogP contribution in [0.2, 0.25) is 0 Å². The molecule has 0 aliphatic carbocycles. The van der Waals surface area contributed by atoms with Gasteiger partial charge in [-0.05, 0) is 19.1 Å². The first kappa shape index (κ1) is 12.8. The molecule has 3 heterocycles. The molecule has 0 bridgehead atoms. The lowest BCUT2D eigenvalue weighted by atomic mass is 10.3. The average Bonchev–Trinajstić information content (AvgIpc) is 3.08. The van der Waals surface area contributed by atoms with Gasteiger partial charge in [-0.25, -0.2) is 13.1 Å². The summed E-state index contributed by atoms with van der Waals surface area (Å²) in [6, 6.07) is 4.95. The molecular formula is C11H12N6O2S. The summed E-state index contributed by atoms with van der Waals surface area (Å²) in [4.78, 5) is 0.0816. The number of H-pyrrole nitrogens is 1. The van der Waals surface area contributed by atoms with Crippen molar-refractivity contribution in [1.82, 2.24) is 29.5 Å². The Kier molecular flexibility index (Phi) is 2.99. The largest absolute Gasteiger partial charge is 0.285 e. The number of pyridine rings is 1. The van der Waals surface area contributed by atoms with E-state index < -0.39 is 16.1 Å². The summed E-state index contributed by atoms with van der Waals surface area (Å²) < 4.78 is 28.5. The molecule has 9 heteroatoms. The Balaban J connectivity index is 1.92. The molecule has 0 saturated carbocycles. The van der Waals surface area contributed by atoms with Crippen molar-refractivity contribution >= 4 is 15.7 Å². The van der Waals surface area contributed by atoms with Crippen molar-refractivity contribution in [3.05, 3.63) is 42.6 Å². The maximum atomic E-state index is 12.1. The summed E-state index contributed by atoms with van der Waals surface area (Å²) in [7, 11) is -3.64. The smallest absolute Gasteiger partial charge is 0.244 e. The van der Waals surface area contributed by atoms with Gasteiger partial charge in [-0.3, -0.25) is 9.50 Å². The maximum absolute atomic E-state index is 12.1. The third-order valence-corrected chi connectivity index (χ3v) is 4.35. The summed E-state index contributed by atoms with van der Waals surface area (Å²) in [6.07, 6.45) is 4.35. The molecule has 3 aromatic rings. The van der Waals surface area contributed by atoms with Gasteiger partial charge in [-0.1, -0.05) is 6.07 Å². The van der Waals surface area contributed by atoms with E-state index >= 15 is 0 Å². The van der Waals surface area contributed by atoms with Crippen molar-refractivity contribution in [2.24, 2.45) is 0 Å². The Labute approximate surface area is 114 Å². The van der Waals surface area contributed by atoms with E-state index in [0.717, 1.165) is 0 Å². The third-order valence-electron chi connectivity index (χ3n) is 2.84. The number of nitrogens with one attached hydrogen (secondary N) is 2. The minimum Gasteiger partial charge on any atom is -0.285 e. The molecule has 0 amide bonds. The zero-order chi connectivity index (χ0) is 14.2. The number of aromatic amines is 1. The van der Waals surface area contributed by atoms with E-state index in [4.69, 9.17) is 0 Å². The van der Waals surface area contributed by atoms with E-state index in [1.807, 2.05) is 12.1 Å². The molecular weight excluding hydrogens is 280 g/mol. The molecule has 3 aromatic heterocycles. The minimum atomic E-state index is -3.64. The summed E-state index contributed by atoms with van der Waals surface area (Å²) in [5.41, 5.74) is 0.664. The van der Waals surface area contributed by atoms with Gasteiger partial charge in [0.2, 0.25) is 10.0 Å². The molecule has 0 aliphatic heterocycles. The summed E-state index contributed by atoms with van der Waals surface area (Å²) in [5, 5.41) is 14.1. The number of hydrogen-bond donors (Lipinski definition) is 2. The SMILES string of the molecule is CC(NS(=O)(=O)c1cn[nH]c1)c1nnc2ccccn12. The normalized spacial score (nSPS) is 13.7. The van der Waals surface area contributed by atoms with Crippen molar-refractivity contribution in [1.29, 1.82) is 0 Å². The molecule has 0 aromatic carbocycles. The Morgan fingerprint density at radius 3 is 2.95 bits per heavy atom. The van der Waals surface area contributed by atoms with E-state index in [1.54, 1.807) is 23.6 Å². The lowest BCUT2D eigenvalue weighted by Crippen LogP contribution is -2.27. The van der Waals surface area contributed by atoms with Crippen molar-refractivity contribution in [3.8, 4) is 0 Å². The first-order valence-electron chi connectivity index (χ1n) is 5.89. The second-order valence-corrected chi connectivity index (χ2v) is 5.98. The monoisotopic (exact) mass is 292 g/mol. The molecule has 104 valence electrons. The van der Waals surface area contributed by atoms with Crippen LogP contribution in [0.25, 0.3) is 5.65 Å². The van der Waals surface area contributed by atoms with Crippen molar-refractivity contribution < 1.29 is 8.42 Å². The Morgan fingerprint density at radius 1 is 1.35 bits per heavy atom. The fraction of sp³-hybridized carbons (Fsp3) is 0.182. The van der Waals surface area contributed by atoms with E-state index in [9.17, 15) is 8.42 Å². The van der Waals surface area contributed by atoms with Crippen LogP contribution >= 0.6 is 0 Å². The van der Waals surface area contributed by atoms with E-state index in [1.165, 1.54) is 12.4 Å². The number of sulfonamides is 1. The van der Waals surface area contributed by atoms with Crippen LogP contribution in [0.15, 0.2) is 41.7 Å². The average molecular weight is 292 g/mol.